The first-order valence-corrected chi connectivity index (χ1v) is 9.00. The third-order valence-electron chi connectivity index (χ3n) is 4.73. The molecular weight excluding hydrogens is 376 g/mol. The third kappa shape index (κ3) is 4.29. The van der Waals surface area contributed by atoms with E-state index >= 15 is 0 Å². The molecule has 1 amide bonds. The minimum absolute atomic E-state index is 0.235. The van der Waals surface area contributed by atoms with E-state index in [4.69, 9.17) is 4.74 Å². The number of rotatable bonds is 6. The van der Waals surface area contributed by atoms with E-state index in [0.717, 1.165) is 21.0 Å². The molecule has 0 saturated heterocycles. The number of carbonyl (C=O) groups excluding carboxylic acids is 2. The van der Waals surface area contributed by atoms with Gasteiger partial charge in [0, 0.05) is 42.3 Å². The van der Waals surface area contributed by atoms with Gasteiger partial charge >= 0.3 is 11.7 Å². The highest BCUT2D eigenvalue weighted by molar-refractivity contribution is 5.87. The Kier molecular flexibility index (Phi) is 5.67. The summed E-state index contributed by atoms with van der Waals surface area (Å²) >= 11 is 0. The molecule has 29 heavy (non-hydrogen) atoms. The van der Waals surface area contributed by atoms with Crippen LogP contribution in [-0.2, 0) is 34.3 Å². The summed E-state index contributed by atoms with van der Waals surface area (Å²) in [5, 5.41) is 3.60. The summed E-state index contributed by atoms with van der Waals surface area (Å²) in [5.41, 5.74) is 0.996. The molecule has 0 spiro atoms. The number of hydrogen-bond donors (Lipinski definition) is 2. The summed E-state index contributed by atoms with van der Waals surface area (Å²) in [7, 11) is 3.16. The number of amides is 1. The molecule has 2 N–H and O–H groups in total. The number of hydrogen-bond acceptors (Lipinski definition) is 5. The van der Waals surface area contributed by atoms with Gasteiger partial charge < -0.3 is 14.6 Å². The van der Waals surface area contributed by atoms with Crippen LogP contribution in [-0.4, -0.2) is 39.1 Å². The van der Waals surface area contributed by atoms with Gasteiger partial charge in [0.1, 0.15) is 12.6 Å². The average Bonchev–Trinajstić information content (AvgIpc) is 3.01. The molecule has 2 heterocycles. The largest absolute Gasteiger partial charge is 0.467 e. The molecule has 0 aliphatic heterocycles. The van der Waals surface area contributed by atoms with Crippen molar-refractivity contribution in [3.63, 3.8) is 0 Å². The number of ether oxygens (including phenoxy) is 1. The normalized spacial score (nSPS) is 12.0. The van der Waals surface area contributed by atoms with Gasteiger partial charge in [-0.15, -0.1) is 0 Å². The fourth-order valence-electron chi connectivity index (χ4n) is 3.27. The van der Waals surface area contributed by atoms with Crippen molar-refractivity contribution in [1.82, 2.24) is 19.4 Å². The zero-order chi connectivity index (χ0) is 21.1. The molecule has 0 aliphatic carbocycles. The maximum Gasteiger partial charge on any atom is 0.328 e. The average molecular weight is 398 g/mol. The maximum atomic E-state index is 12.5. The predicted molar refractivity (Wildman–Crippen MR) is 107 cm³/mol. The molecule has 0 aliphatic rings. The van der Waals surface area contributed by atoms with Gasteiger partial charge in [-0.3, -0.25) is 19.1 Å². The first-order valence-electron chi connectivity index (χ1n) is 9.00. The standard InChI is InChI=1S/C20H22N4O5/c1-12-9-24(20(28)22-18(12)26)11-17(25)21-15(19(27)29-3)8-13-10-23(2)16-7-5-4-6-14(13)16/h4-7,9-10,15H,8,11H2,1-3H3,(H,21,25)(H,22,26,28)/t15-/m0/s1. The van der Waals surface area contributed by atoms with E-state index < -0.39 is 29.2 Å². The van der Waals surface area contributed by atoms with E-state index in [1.54, 1.807) is 0 Å². The number of fused-ring (bicyclic) bond motifs is 1. The Labute approximate surface area is 165 Å². The lowest BCUT2D eigenvalue weighted by Crippen LogP contribution is -2.45. The van der Waals surface area contributed by atoms with Gasteiger partial charge in [0.2, 0.25) is 5.91 Å². The summed E-state index contributed by atoms with van der Waals surface area (Å²) in [6, 6.07) is 6.83. The van der Waals surface area contributed by atoms with Gasteiger partial charge in [-0.05, 0) is 18.6 Å². The minimum atomic E-state index is -0.919. The number of nitrogens with zero attached hydrogens (tertiary/aromatic N) is 2. The summed E-state index contributed by atoms with van der Waals surface area (Å²) in [6.07, 6.45) is 3.44. The zero-order valence-electron chi connectivity index (χ0n) is 16.4. The highest BCUT2D eigenvalue weighted by Crippen LogP contribution is 2.21. The summed E-state index contributed by atoms with van der Waals surface area (Å²) < 4.78 is 7.87. The third-order valence-corrected chi connectivity index (χ3v) is 4.73. The van der Waals surface area contributed by atoms with Crippen LogP contribution in [0.1, 0.15) is 11.1 Å². The number of aryl methyl sites for hydroxylation is 2. The van der Waals surface area contributed by atoms with Crippen molar-refractivity contribution >= 4 is 22.8 Å². The Bertz CT molecular complexity index is 1190. The molecule has 0 saturated carbocycles. The van der Waals surface area contributed by atoms with E-state index in [1.807, 2.05) is 42.1 Å². The van der Waals surface area contributed by atoms with Crippen LogP contribution in [0.3, 0.4) is 0 Å². The van der Waals surface area contributed by atoms with E-state index in [2.05, 4.69) is 10.3 Å². The molecule has 0 bridgehead atoms. The Balaban J connectivity index is 1.81. The molecular formula is C20H22N4O5. The lowest BCUT2D eigenvalue weighted by Gasteiger charge is -2.17. The Hall–Kier alpha value is -3.62. The quantitative estimate of drug-likeness (QED) is 0.577. The van der Waals surface area contributed by atoms with Crippen molar-refractivity contribution in [3.05, 3.63) is 68.6 Å². The molecule has 3 aromatic rings. The van der Waals surface area contributed by atoms with Crippen LogP contribution in [0.2, 0.25) is 0 Å². The molecule has 1 aromatic carbocycles. The first kappa shape index (κ1) is 20.1. The number of esters is 1. The number of methoxy groups -OCH3 is 1. The van der Waals surface area contributed by atoms with Crippen LogP contribution < -0.4 is 16.6 Å². The van der Waals surface area contributed by atoms with E-state index in [0.29, 0.717) is 5.56 Å². The molecule has 9 heteroatoms. The second-order valence-electron chi connectivity index (χ2n) is 6.83. The summed E-state index contributed by atoms with van der Waals surface area (Å²) in [4.78, 5) is 50.2. The van der Waals surface area contributed by atoms with Gasteiger partial charge in [-0.2, -0.15) is 0 Å². The van der Waals surface area contributed by atoms with Gasteiger partial charge in [-0.1, -0.05) is 18.2 Å². The Morgan fingerprint density at radius 2 is 1.93 bits per heavy atom. The number of benzene rings is 1. The molecule has 0 unspecified atom stereocenters. The molecule has 1 atom stereocenters. The number of H-pyrrole nitrogens is 1. The fourth-order valence-corrected chi connectivity index (χ4v) is 3.27. The second-order valence-corrected chi connectivity index (χ2v) is 6.83. The van der Waals surface area contributed by atoms with Crippen LogP contribution in [0.15, 0.2) is 46.2 Å². The molecule has 152 valence electrons. The van der Waals surface area contributed by atoms with Crippen molar-refractivity contribution in [2.75, 3.05) is 7.11 Å². The van der Waals surface area contributed by atoms with E-state index in [9.17, 15) is 19.2 Å². The SMILES string of the molecule is COC(=O)[C@H](Cc1cn(C)c2ccccc12)NC(=O)Cn1cc(C)c(=O)[nH]c1=O. The zero-order valence-corrected chi connectivity index (χ0v) is 16.4. The van der Waals surface area contributed by atoms with Crippen molar-refractivity contribution < 1.29 is 14.3 Å². The van der Waals surface area contributed by atoms with Crippen molar-refractivity contribution in [3.8, 4) is 0 Å². The number of carbonyl (C=O) groups is 2. The maximum absolute atomic E-state index is 12.5. The number of nitrogens with one attached hydrogen (secondary N) is 2. The summed E-state index contributed by atoms with van der Waals surface area (Å²) in [6.45, 7) is 1.20. The van der Waals surface area contributed by atoms with Crippen molar-refractivity contribution in [1.29, 1.82) is 0 Å². The number of aromatic amines is 1. The van der Waals surface area contributed by atoms with Gasteiger partial charge in [0.15, 0.2) is 0 Å². The van der Waals surface area contributed by atoms with Crippen molar-refractivity contribution in [2.24, 2.45) is 7.05 Å². The first-order chi connectivity index (χ1) is 13.8. The van der Waals surface area contributed by atoms with Crippen molar-refractivity contribution in [2.45, 2.75) is 25.9 Å². The molecule has 0 radical (unpaired) electrons. The molecule has 2 aromatic heterocycles. The molecule has 0 fully saturated rings. The Morgan fingerprint density at radius 3 is 2.66 bits per heavy atom. The predicted octanol–water partition coefficient (Wildman–Crippen LogP) is 0.237. The highest BCUT2D eigenvalue weighted by Gasteiger charge is 2.24. The van der Waals surface area contributed by atoms with Crippen LogP contribution in [0, 0.1) is 6.92 Å². The van der Waals surface area contributed by atoms with E-state index in [1.165, 1.54) is 20.2 Å². The summed E-state index contributed by atoms with van der Waals surface area (Å²) in [5.74, 6) is -1.13. The number of para-hydroxylation sites is 1. The topological polar surface area (TPSA) is 115 Å². The fraction of sp³-hybridized carbons (Fsp3) is 0.300. The van der Waals surface area contributed by atoms with E-state index in [-0.39, 0.29) is 13.0 Å². The number of aromatic nitrogens is 3. The van der Waals surface area contributed by atoms with Gasteiger partial charge in [0.25, 0.3) is 5.56 Å². The lowest BCUT2D eigenvalue weighted by atomic mass is 10.0. The Morgan fingerprint density at radius 1 is 1.21 bits per heavy atom. The minimum Gasteiger partial charge on any atom is -0.467 e. The second kappa shape index (κ2) is 8.17. The van der Waals surface area contributed by atoms with Crippen LogP contribution in [0.5, 0.6) is 0 Å². The van der Waals surface area contributed by atoms with Crippen LogP contribution >= 0.6 is 0 Å². The monoisotopic (exact) mass is 398 g/mol. The van der Waals surface area contributed by atoms with Gasteiger partial charge in [0.05, 0.1) is 7.11 Å². The smallest absolute Gasteiger partial charge is 0.328 e. The van der Waals surface area contributed by atoms with Crippen LogP contribution in [0.4, 0.5) is 0 Å². The van der Waals surface area contributed by atoms with Gasteiger partial charge in [-0.25, -0.2) is 9.59 Å². The highest BCUT2D eigenvalue weighted by atomic mass is 16.5. The lowest BCUT2D eigenvalue weighted by molar-refractivity contribution is -0.145. The molecule has 3 rings (SSSR count). The van der Waals surface area contributed by atoms with Crippen LogP contribution in [0.25, 0.3) is 10.9 Å². The molecule has 9 nitrogen and oxygen atoms in total.